The highest BCUT2D eigenvalue weighted by molar-refractivity contribution is 5.93. The van der Waals surface area contributed by atoms with Crippen molar-refractivity contribution in [3.63, 3.8) is 0 Å². The second-order valence-electron chi connectivity index (χ2n) is 8.14. The number of aryl methyl sites for hydroxylation is 1. The molecule has 1 unspecified atom stereocenters. The molecule has 0 aliphatic carbocycles. The van der Waals surface area contributed by atoms with Crippen molar-refractivity contribution in [1.29, 1.82) is 0 Å². The van der Waals surface area contributed by atoms with Gasteiger partial charge in [-0.15, -0.1) is 0 Å². The lowest BCUT2D eigenvalue weighted by Crippen LogP contribution is -2.43. The molecule has 31 heavy (non-hydrogen) atoms. The van der Waals surface area contributed by atoms with Gasteiger partial charge in [0, 0.05) is 37.9 Å². The molecule has 2 amide bonds. The lowest BCUT2D eigenvalue weighted by Gasteiger charge is -2.33. The molecule has 1 aliphatic rings. The standard InChI is InChI=1S/C24H29N5O2/c1-18-8-4-5-15-28(18)23(30)17-29-21-11-3-2-10-20(21)27-22(29)12-7-14-26-24(31)19-9-6-13-25-16-19/h2-3,6,9-11,13,16,18H,4-5,7-8,12,14-15,17H2,1H3,(H,26,31). The van der Waals surface area contributed by atoms with Gasteiger partial charge >= 0.3 is 0 Å². The topological polar surface area (TPSA) is 80.1 Å². The van der Waals surface area contributed by atoms with Gasteiger partial charge < -0.3 is 14.8 Å². The largest absolute Gasteiger partial charge is 0.352 e. The van der Waals surface area contributed by atoms with E-state index in [0.717, 1.165) is 42.7 Å². The van der Waals surface area contributed by atoms with Crippen molar-refractivity contribution < 1.29 is 9.59 Å². The zero-order valence-corrected chi connectivity index (χ0v) is 18.0. The highest BCUT2D eigenvalue weighted by Crippen LogP contribution is 2.20. The summed E-state index contributed by atoms with van der Waals surface area (Å²) in [6.07, 6.45) is 7.96. The third-order valence-corrected chi connectivity index (χ3v) is 5.94. The van der Waals surface area contributed by atoms with Crippen LogP contribution >= 0.6 is 0 Å². The quantitative estimate of drug-likeness (QED) is 0.597. The number of hydrogen-bond donors (Lipinski definition) is 1. The second kappa shape index (κ2) is 9.73. The molecule has 162 valence electrons. The van der Waals surface area contributed by atoms with Gasteiger partial charge in [-0.05, 0) is 56.9 Å². The maximum Gasteiger partial charge on any atom is 0.252 e. The fourth-order valence-electron chi connectivity index (χ4n) is 4.23. The lowest BCUT2D eigenvalue weighted by atomic mass is 10.0. The first kappa shape index (κ1) is 21.0. The molecule has 1 saturated heterocycles. The van der Waals surface area contributed by atoms with E-state index in [2.05, 4.69) is 17.2 Å². The van der Waals surface area contributed by atoms with Gasteiger partial charge in [0.2, 0.25) is 5.91 Å². The van der Waals surface area contributed by atoms with Crippen LogP contribution in [0, 0.1) is 0 Å². The number of carbonyl (C=O) groups is 2. The van der Waals surface area contributed by atoms with E-state index in [9.17, 15) is 9.59 Å². The Kier molecular flexibility index (Phi) is 6.60. The first-order valence-electron chi connectivity index (χ1n) is 11.1. The molecule has 3 aromatic rings. The van der Waals surface area contributed by atoms with Gasteiger partial charge in [0.1, 0.15) is 12.4 Å². The fraction of sp³-hybridized carbons (Fsp3) is 0.417. The molecule has 1 aliphatic heterocycles. The molecule has 0 bridgehead atoms. The normalized spacial score (nSPS) is 16.4. The summed E-state index contributed by atoms with van der Waals surface area (Å²) in [6.45, 7) is 3.81. The number of nitrogens with one attached hydrogen (secondary N) is 1. The molecule has 1 aromatic carbocycles. The van der Waals surface area contributed by atoms with Crippen molar-refractivity contribution in [1.82, 2.24) is 24.8 Å². The van der Waals surface area contributed by atoms with Gasteiger partial charge in [0.05, 0.1) is 16.6 Å². The summed E-state index contributed by atoms with van der Waals surface area (Å²) in [6, 6.07) is 11.7. The number of nitrogens with zero attached hydrogens (tertiary/aromatic N) is 4. The SMILES string of the molecule is CC1CCCCN1C(=O)Cn1c(CCCNC(=O)c2cccnc2)nc2ccccc21. The van der Waals surface area contributed by atoms with Crippen LogP contribution in [0.5, 0.6) is 0 Å². The van der Waals surface area contributed by atoms with Gasteiger partial charge in [0.25, 0.3) is 5.91 Å². The molecule has 0 spiro atoms. The molecule has 0 radical (unpaired) electrons. The zero-order valence-electron chi connectivity index (χ0n) is 18.0. The van der Waals surface area contributed by atoms with Crippen LogP contribution in [0.2, 0.25) is 0 Å². The second-order valence-corrected chi connectivity index (χ2v) is 8.14. The van der Waals surface area contributed by atoms with Crippen molar-refractivity contribution >= 4 is 22.8 Å². The summed E-state index contributed by atoms with van der Waals surface area (Å²) in [5, 5.41) is 2.93. The van der Waals surface area contributed by atoms with E-state index < -0.39 is 0 Å². The average Bonchev–Trinajstić information content (AvgIpc) is 3.14. The van der Waals surface area contributed by atoms with Crippen LogP contribution in [0.25, 0.3) is 11.0 Å². The molecule has 1 fully saturated rings. The molecule has 1 atom stereocenters. The number of rotatable bonds is 7. The maximum atomic E-state index is 13.1. The van der Waals surface area contributed by atoms with E-state index in [4.69, 9.17) is 4.98 Å². The maximum absolute atomic E-state index is 13.1. The molecule has 7 heteroatoms. The predicted octanol–water partition coefficient (Wildman–Crippen LogP) is 3.19. The first-order valence-corrected chi connectivity index (χ1v) is 11.1. The molecule has 0 saturated carbocycles. The number of carbonyl (C=O) groups excluding carboxylic acids is 2. The Balaban J connectivity index is 1.42. The van der Waals surface area contributed by atoms with E-state index >= 15 is 0 Å². The van der Waals surface area contributed by atoms with Gasteiger partial charge in [-0.2, -0.15) is 0 Å². The molecule has 7 nitrogen and oxygen atoms in total. The molecule has 2 aromatic heterocycles. The number of pyridine rings is 1. The molecule has 3 heterocycles. The van der Waals surface area contributed by atoms with Crippen LogP contribution in [0.3, 0.4) is 0 Å². The van der Waals surface area contributed by atoms with Crippen molar-refractivity contribution in [2.45, 2.75) is 51.6 Å². The van der Waals surface area contributed by atoms with E-state index in [0.29, 0.717) is 31.1 Å². The third-order valence-electron chi connectivity index (χ3n) is 5.94. The summed E-state index contributed by atoms with van der Waals surface area (Å²) in [5.74, 6) is 0.909. The van der Waals surface area contributed by atoms with Crippen molar-refractivity contribution in [3.8, 4) is 0 Å². The first-order chi connectivity index (χ1) is 15.1. The number of imidazole rings is 1. The summed E-state index contributed by atoms with van der Waals surface area (Å²) in [5.41, 5.74) is 2.43. The van der Waals surface area contributed by atoms with E-state index in [1.807, 2.05) is 33.7 Å². The summed E-state index contributed by atoms with van der Waals surface area (Å²) in [4.78, 5) is 36.0. The predicted molar refractivity (Wildman–Crippen MR) is 120 cm³/mol. The highest BCUT2D eigenvalue weighted by atomic mass is 16.2. The van der Waals surface area contributed by atoms with Gasteiger partial charge in [-0.25, -0.2) is 4.98 Å². The van der Waals surface area contributed by atoms with Crippen LogP contribution in [0.4, 0.5) is 0 Å². The van der Waals surface area contributed by atoms with Crippen LogP contribution in [0.1, 0.15) is 48.8 Å². The summed E-state index contributed by atoms with van der Waals surface area (Å²) < 4.78 is 2.04. The number of fused-ring (bicyclic) bond motifs is 1. The van der Waals surface area contributed by atoms with Crippen LogP contribution in [-0.2, 0) is 17.8 Å². The summed E-state index contributed by atoms with van der Waals surface area (Å²) >= 11 is 0. The number of benzene rings is 1. The number of likely N-dealkylation sites (tertiary alicyclic amines) is 1. The number of amides is 2. The Morgan fingerprint density at radius 3 is 2.84 bits per heavy atom. The molecule has 1 N–H and O–H groups in total. The minimum absolute atomic E-state index is 0.129. The van der Waals surface area contributed by atoms with Crippen molar-refractivity contribution in [2.24, 2.45) is 0 Å². The van der Waals surface area contributed by atoms with Gasteiger partial charge in [-0.1, -0.05) is 12.1 Å². The zero-order chi connectivity index (χ0) is 21.6. The smallest absolute Gasteiger partial charge is 0.252 e. The average molecular weight is 420 g/mol. The third kappa shape index (κ3) is 4.93. The Bertz CT molecular complexity index is 1050. The van der Waals surface area contributed by atoms with E-state index in [1.165, 1.54) is 6.42 Å². The van der Waals surface area contributed by atoms with Crippen LogP contribution < -0.4 is 5.32 Å². The Labute approximate surface area is 182 Å². The van der Waals surface area contributed by atoms with E-state index in [1.54, 1.807) is 24.5 Å². The number of aromatic nitrogens is 3. The Morgan fingerprint density at radius 2 is 2.03 bits per heavy atom. The van der Waals surface area contributed by atoms with Gasteiger partial charge in [0.15, 0.2) is 0 Å². The van der Waals surface area contributed by atoms with Crippen LogP contribution in [-0.4, -0.2) is 50.4 Å². The Morgan fingerprint density at radius 1 is 1.16 bits per heavy atom. The lowest BCUT2D eigenvalue weighted by molar-refractivity contribution is -0.135. The highest BCUT2D eigenvalue weighted by Gasteiger charge is 2.24. The Hall–Kier alpha value is -3.22. The summed E-state index contributed by atoms with van der Waals surface area (Å²) in [7, 11) is 0. The van der Waals surface area contributed by atoms with Crippen molar-refractivity contribution in [3.05, 3.63) is 60.2 Å². The molecular formula is C24H29N5O2. The van der Waals surface area contributed by atoms with Gasteiger partial charge in [-0.3, -0.25) is 14.6 Å². The van der Waals surface area contributed by atoms with Crippen molar-refractivity contribution in [2.75, 3.05) is 13.1 Å². The molecular weight excluding hydrogens is 390 g/mol. The minimum Gasteiger partial charge on any atom is -0.352 e. The molecule has 4 rings (SSSR count). The monoisotopic (exact) mass is 419 g/mol. The fourth-order valence-corrected chi connectivity index (χ4v) is 4.23. The number of piperidine rings is 1. The van der Waals surface area contributed by atoms with E-state index in [-0.39, 0.29) is 11.8 Å². The van der Waals surface area contributed by atoms with Crippen LogP contribution in [0.15, 0.2) is 48.8 Å². The number of para-hydroxylation sites is 2. The number of hydrogen-bond acceptors (Lipinski definition) is 4. The minimum atomic E-state index is -0.129.